The molecule has 7 heteroatoms. The van der Waals surface area contributed by atoms with Gasteiger partial charge in [0.25, 0.3) is 5.91 Å². The Labute approximate surface area is 150 Å². The predicted molar refractivity (Wildman–Crippen MR) is 95.4 cm³/mol. The first-order chi connectivity index (χ1) is 12.2. The van der Waals surface area contributed by atoms with Crippen molar-refractivity contribution in [2.75, 3.05) is 20.3 Å². The highest BCUT2D eigenvalue weighted by molar-refractivity contribution is 6.30. The quantitative estimate of drug-likeness (QED) is 0.704. The second kappa shape index (κ2) is 7.90. The van der Waals surface area contributed by atoms with Crippen LogP contribution in [0.4, 0.5) is 0 Å². The third kappa shape index (κ3) is 4.42. The maximum absolute atomic E-state index is 11.9. The number of nitrogens with one attached hydrogen (secondary N) is 1. The molecule has 6 nitrogen and oxygen atoms in total. The van der Waals surface area contributed by atoms with Gasteiger partial charge in [-0.1, -0.05) is 23.7 Å². The minimum absolute atomic E-state index is 0.0683. The number of para-hydroxylation sites is 2. The average molecular weight is 360 g/mol. The first kappa shape index (κ1) is 17.1. The molecule has 0 unspecified atom stereocenters. The van der Waals surface area contributed by atoms with Crippen LogP contribution in [0.1, 0.15) is 5.69 Å². The van der Waals surface area contributed by atoms with Gasteiger partial charge in [-0.3, -0.25) is 4.79 Å². The zero-order valence-corrected chi connectivity index (χ0v) is 14.5. The number of hydrogen-bond donors (Lipinski definition) is 1. The number of carbonyl (C=O) groups is 1. The molecule has 0 aliphatic carbocycles. The fourth-order valence-electron chi connectivity index (χ4n) is 2.40. The van der Waals surface area contributed by atoms with E-state index in [-0.39, 0.29) is 12.5 Å². The fourth-order valence-corrected chi connectivity index (χ4v) is 2.57. The summed E-state index contributed by atoms with van der Waals surface area (Å²) in [6.07, 6.45) is 4.32. The molecule has 2 heterocycles. The first-order valence-corrected chi connectivity index (χ1v) is 8.19. The van der Waals surface area contributed by atoms with Crippen LogP contribution >= 0.6 is 11.6 Å². The van der Waals surface area contributed by atoms with Gasteiger partial charge in [0.05, 0.1) is 17.8 Å². The Morgan fingerprint density at radius 1 is 1.20 bits per heavy atom. The molecule has 0 aliphatic heterocycles. The van der Waals surface area contributed by atoms with Gasteiger partial charge in [0.1, 0.15) is 5.65 Å². The summed E-state index contributed by atoms with van der Waals surface area (Å²) in [4.78, 5) is 16.4. The molecule has 0 atom stereocenters. The number of carbonyl (C=O) groups excluding carboxylic acids is 1. The van der Waals surface area contributed by atoms with Gasteiger partial charge in [-0.2, -0.15) is 0 Å². The van der Waals surface area contributed by atoms with Crippen molar-refractivity contribution in [3.63, 3.8) is 0 Å². The lowest BCUT2D eigenvalue weighted by molar-refractivity contribution is -0.123. The van der Waals surface area contributed by atoms with Crippen LogP contribution in [0.5, 0.6) is 11.5 Å². The molecule has 1 aromatic carbocycles. The van der Waals surface area contributed by atoms with Crippen LogP contribution < -0.4 is 14.8 Å². The lowest BCUT2D eigenvalue weighted by atomic mass is 10.3. The minimum Gasteiger partial charge on any atom is -0.493 e. The molecule has 3 rings (SSSR count). The Hall–Kier alpha value is -2.73. The molecule has 0 spiro atoms. The maximum Gasteiger partial charge on any atom is 0.257 e. The van der Waals surface area contributed by atoms with Crippen LogP contribution in [0.3, 0.4) is 0 Å². The smallest absolute Gasteiger partial charge is 0.257 e. The Morgan fingerprint density at radius 3 is 2.80 bits per heavy atom. The van der Waals surface area contributed by atoms with E-state index in [1.807, 2.05) is 28.8 Å². The fraction of sp³-hybridized carbons (Fsp3) is 0.222. The lowest BCUT2D eigenvalue weighted by Crippen LogP contribution is -2.30. The number of fused-ring (bicyclic) bond motifs is 1. The van der Waals surface area contributed by atoms with Crippen molar-refractivity contribution < 1.29 is 14.3 Å². The van der Waals surface area contributed by atoms with E-state index >= 15 is 0 Å². The van der Waals surface area contributed by atoms with Crippen LogP contribution in [0.25, 0.3) is 5.65 Å². The molecule has 3 aromatic rings. The molecule has 0 bridgehead atoms. The third-order valence-electron chi connectivity index (χ3n) is 3.60. The van der Waals surface area contributed by atoms with Gasteiger partial charge in [0.15, 0.2) is 18.1 Å². The highest BCUT2D eigenvalue weighted by Gasteiger charge is 2.07. The van der Waals surface area contributed by atoms with Crippen LogP contribution in [-0.4, -0.2) is 35.6 Å². The largest absolute Gasteiger partial charge is 0.493 e. The minimum atomic E-state index is -0.197. The number of benzene rings is 1. The summed E-state index contributed by atoms with van der Waals surface area (Å²) >= 11 is 5.95. The summed E-state index contributed by atoms with van der Waals surface area (Å²) in [7, 11) is 1.56. The number of hydrogen-bond acceptors (Lipinski definition) is 4. The molecule has 1 N–H and O–H groups in total. The zero-order valence-electron chi connectivity index (χ0n) is 13.7. The van der Waals surface area contributed by atoms with Gasteiger partial charge in [-0.15, -0.1) is 0 Å². The molecular weight excluding hydrogens is 342 g/mol. The molecule has 130 valence electrons. The third-order valence-corrected chi connectivity index (χ3v) is 3.82. The molecule has 2 aromatic heterocycles. The van der Waals surface area contributed by atoms with Crippen LogP contribution in [0.15, 0.2) is 48.8 Å². The maximum atomic E-state index is 11.9. The Morgan fingerprint density at radius 2 is 2.00 bits per heavy atom. The normalized spacial score (nSPS) is 10.6. The molecule has 0 saturated carbocycles. The number of methoxy groups -OCH3 is 1. The van der Waals surface area contributed by atoms with E-state index in [1.54, 1.807) is 31.5 Å². The lowest BCUT2D eigenvalue weighted by Gasteiger charge is -2.10. The zero-order chi connectivity index (χ0) is 17.6. The number of imidazole rings is 1. The molecule has 0 fully saturated rings. The number of nitrogens with zero attached hydrogens (tertiary/aromatic N) is 2. The number of aromatic nitrogens is 2. The summed E-state index contributed by atoms with van der Waals surface area (Å²) in [5.41, 5.74) is 1.71. The van der Waals surface area contributed by atoms with Crippen molar-refractivity contribution in [1.82, 2.24) is 14.7 Å². The molecule has 1 amide bonds. The first-order valence-electron chi connectivity index (χ1n) is 7.81. The summed E-state index contributed by atoms with van der Waals surface area (Å²) in [5, 5.41) is 3.47. The Bertz CT molecular complexity index is 879. The number of pyridine rings is 1. The number of halogens is 1. The van der Waals surface area contributed by atoms with E-state index in [1.165, 1.54) is 0 Å². The summed E-state index contributed by atoms with van der Waals surface area (Å²) in [5.74, 6) is 0.939. The number of amides is 1. The summed E-state index contributed by atoms with van der Waals surface area (Å²) < 4.78 is 12.5. The van der Waals surface area contributed by atoms with Crippen molar-refractivity contribution in [3.05, 3.63) is 59.5 Å². The topological polar surface area (TPSA) is 64.9 Å². The molecular formula is C18H18ClN3O3. The highest BCUT2D eigenvalue weighted by atomic mass is 35.5. The average Bonchev–Trinajstić information content (AvgIpc) is 3.02. The Kier molecular flexibility index (Phi) is 5.40. The van der Waals surface area contributed by atoms with Crippen molar-refractivity contribution in [2.24, 2.45) is 0 Å². The van der Waals surface area contributed by atoms with Crippen LogP contribution in [-0.2, 0) is 11.2 Å². The van der Waals surface area contributed by atoms with Crippen molar-refractivity contribution in [2.45, 2.75) is 6.42 Å². The standard InChI is InChI=1S/C18H18ClN3O3/c1-24-15-4-2-3-5-16(15)25-12-18(23)20-9-8-14-11-22-10-13(19)6-7-17(22)21-14/h2-7,10-11H,8-9,12H2,1H3,(H,20,23). The highest BCUT2D eigenvalue weighted by Crippen LogP contribution is 2.25. The molecule has 25 heavy (non-hydrogen) atoms. The number of rotatable bonds is 7. The number of ether oxygens (including phenoxy) is 2. The van der Waals surface area contributed by atoms with Gasteiger partial charge in [-0.25, -0.2) is 4.98 Å². The molecule has 0 radical (unpaired) electrons. The van der Waals surface area contributed by atoms with Gasteiger partial charge in [-0.05, 0) is 24.3 Å². The van der Waals surface area contributed by atoms with E-state index in [0.29, 0.717) is 29.5 Å². The van der Waals surface area contributed by atoms with Gasteiger partial charge >= 0.3 is 0 Å². The molecule has 0 saturated heterocycles. The monoisotopic (exact) mass is 359 g/mol. The van der Waals surface area contributed by atoms with E-state index in [2.05, 4.69) is 10.3 Å². The van der Waals surface area contributed by atoms with Crippen LogP contribution in [0.2, 0.25) is 5.02 Å². The van der Waals surface area contributed by atoms with Crippen LogP contribution in [0, 0.1) is 0 Å². The van der Waals surface area contributed by atoms with E-state index in [9.17, 15) is 4.79 Å². The van der Waals surface area contributed by atoms with E-state index in [4.69, 9.17) is 21.1 Å². The van der Waals surface area contributed by atoms with Gasteiger partial charge < -0.3 is 19.2 Å². The second-order valence-electron chi connectivity index (χ2n) is 5.38. The molecule has 0 aliphatic rings. The van der Waals surface area contributed by atoms with Crippen molar-refractivity contribution in [1.29, 1.82) is 0 Å². The van der Waals surface area contributed by atoms with Crippen molar-refractivity contribution >= 4 is 23.2 Å². The predicted octanol–water partition coefficient (Wildman–Crippen LogP) is 2.73. The Balaban J connectivity index is 1.47. The van der Waals surface area contributed by atoms with Crippen molar-refractivity contribution in [3.8, 4) is 11.5 Å². The SMILES string of the molecule is COc1ccccc1OCC(=O)NCCc1cn2cc(Cl)ccc2n1. The van der Waals surface area contributed by atoms with Gasteiger partial charge in [0.2, 0.25) is 0 Å². The van der Waals surface area contributed by atoms with E-state index in [0.717, 1.165) is 11.3 Å². The van der Waals surface area contributed by atoms with E-state index < -0.39 is 0 Å². The van der Waals surface area contributed by atoms with Gasteiger partial charge in [0, 0.05) is 25.4 Å². The summed E-state index contributed by atoms with van der Waals surface area (Å²) in [6, 6.07) is 10.9. The summed E-state index contributed by atoms with van der Waals surface area (Å²) in [6.45, 7) is 0.410. The second-order valence-corrected chi connectivity index (χ2v) is 5.82.